The molecule has 0 fully saturated rings. The molecule has 2 N–H and O–H groups in total. The second-order valence-corrected chi connectivity index (χ2v) is 7.97. The molecule has 1 aliphatic rings. The van der Waals surface area contributed by atoms with Gasteiger partial charge >= 0.3 is 0 Å². The Kier molecular flexibility index (Phi) is 7.12. The van der Waals surface area contributed by atoms with Crippen LogP contribution >= 0.6 is 11.6 Å². The van der Waals surface area contributed by atoms with Crippen molar-refractivity contribution in [1.82, 2.24) is 0 Å². The van der Waals surface area contributed by atoms with E-state index in [9.17, 15) is 18.8 Å². The molecule has 4 rings (SSSR count). The van der Waals surface area contributed by atoms with Crippen LogP contribution < -0.4 is 20.3 Å². The summed E-state index contributed by atoms with van der Waals surface area (Å²) in [6.45, 7) is 2.35. The van der Waals surface area contributed by atoms with Crippen molar-refractivity contribution in [3.8, 4) is 5.75 Å². The van der Waals surface area contributed by atoms with Crippen LogP contribution in [0.1, 0.15) is 12.5 Å². The number of nitrogens with zero attached hydrogens (tertiary/aromatic N) is 1. The molecule has 0 saturated carbocycles. The van der Waals surface area contributed by atoms with Gasteiger partial charge in [0.2, 0.25) is 5.91 Å². The van der Waals surface area contributed by atoms with E-state index in [4.69, 9.17) is 16.3 Å². The van der Waals surface area contributed by atoms with Gasteiger partial charge in [0.15, 0.2) is 0 Å². The van der Waals surface area contributed by atoms with Gasteiger partial charge in [-0.2, -0.15) is 0 Å². The number of imide groups is 1. The average Bonchev–Trinajstić information content (AvgIpc) is 3.05. The maximum Gasteiger partial charge on any atom is 0.283 e. The number of halogens is 2. The molecule has 0 unspecified atom stereocenters. The predicted molar refractivity (Wildman–Crippen MR) is 132 cm³/mol. The van der Waals surface area contributed by atoms with Gasteiger partial charge in [-0.15, -0.1) is 0 Å². The Balaban J connectivity index is 1.41. The third-order valence-electron chi connectivity index (χ3n) is 5.17. The molecule has 0 radical (unpaired) electrons. The van der Waals surface area contributed by atoms with Gasteiger partial charge in [-0.05, 0) is 61.0 Å². The first-order valence-electron chi connectivity index (χ1n) is 10.8. The topological polar surface area (TPSA) is 87.7 Å². The first-order chi connectivity index (χ1) is 16.9. The summed E-state index contributed by atoms with van der Waals surface area (Å²) >= 11 is 6.19. The molecule has 1 aliphatic heterocycles. The Bertz CT molecular complexity index is 1310. The predicted octanol–water partition coefficient (Wildman–Crippen LogP) is 4.84. The molecule has 0 saturated heterocycles. The number of nitrogens with one attached hydrogen (secondary N) is 2. The summed E-state index contributed by atoms with van der Waals surface area (Å²) in [4.78, 5) is 38.8. The smallest absolute Gasteiger partial charge is 0.283 e. The van der Waals surface area contributed by atoms with E-state index >= 15 is 0 Å². The lowest BCUT2D eigenvalue weighted by Gasteiger charge is -2.15. The van der Waals surface area contributed by atoms with Crippen molar-refractivity contribution < 1.29 is 23.5 Å². The Morgan fingerprint density at radius 1 is 0.971 bits per heavy atom. The van der Waals surface area contributed by atoms with Gasteiger partial charge in [-0.25, -0.2) is 9.29 Å². The monoisotopic (exact) mass is 493 g/mol. The van der Waals surface area contributed by atoms with Gasteiger partial charge < -0.3 is 15.4 Å². The summed E-state index contributed by atoms with van der Waals surface area (Å²) in [5, 5.41) is 5.20. The summed E-state index contributed by atoms with van der Waals surface area (Å²) in [5.41, 5.74) is 1.62. The molecule has 7 nitrogen and oxygen atoms in total. The van der Waals surface area contributed by atoms with Crippen molar-refractivity contribution in [2.75, 3.05) is 22.1 Å². The maximum atomic E-state index is 13.7. The van der Waals surface area contributed by atoms with E-state index in [1.165, 1.54) is 12.1 Å². The van der Waals surface area contributed by atoms with Crippen LogP contribution in [0, 0.1) is 5.82 Å². The van der Waals surface area contributed by atoms with Crippen molar-refractivity contribution in [1.29, 1.82) is 0 Å². The molecule has 0 bridgehead atoms. The molecule has 3 aromatic rings. The van der Waals surface area contributed by atoms with Crippen LogP contribution in [0.15, 0.2) is 83.5 Å². The minimum absolute atomic E-state index is 0.0288. The number of carbonyl (C=O) groups excluding carboxylic acids is 3. The number of rotatable bonds is 8. The largest absolute Gasteiger partial charge is 0.494 e. The zero-order valence-electron chi connectivity index (χ0n) is 18.7. The fourth-order valence-electron chi connectivity index (χ4n) is 3.50. The number of hydrogen-bond acceptors (Lipinski definition) is 5. The Morgan fingerprint density at radius 2 is 1.66 bits per heavy atom. The number of amides is 3. The number of para-hydroxylation sites is 1. The van der Waals surface area contributed by atoms with Crippen molar-refractivity contribution >= 4 is 46.4 Å². The van der Waals surface area contributed by atoms with Gasteiger partial charge in [0.25, 0.3) is 11.8 Å². The maximum absolute atomic E-state index is 13.7. The number of benzene rings is 3. The zero-order chi connectivity index (χ0) is 24.9. The first-order valence-corrected chi connectivity index (χ1v) is 11.2. The highest BCUT2D eigenvalue weighted by atomic mass is 35.5. The second kappa shape index (κ2) is 10.4. The van der Waals surface area contributed by atoms with E-state index in [-0.39, 0.29) is 28.7 Å². The Morgan fingerprint density at radius 3 is 2.31 bits per heavy atom. The molecule has 178 valence electrons. The van der Waals surface area contributed by atoms with E-state index < -0.39 is 17.6 Å². The van der Waals surface area contributed by atoms with Crippen LogP contribution in [0.25, 0.3) is 0 Å². The fourth-order valence-corrected chi connectivity index (χ4v) is 3.71. The molecular weight excluding hydrogens is 473 g/mol. The van der Waals surface area contributed by atoms with Gasteiger partial charge in [0.05, 0.1) is 24.4 Å². The minimum atomic E-state index is -0.634. The van der Waals surface area contributed by atoms with Gasteiger partial charge in [-0.3, -0.25) is 14.4 Å². The molecule has 0 aliphatic carbocycles. The van der Waals surface area contributed by atoms with Gasteiger partial charge in [0, 0.05) is 5.69 Å². The molecule has 0 aromatic heterocycles. The molecule has 0 spiro atoms. The summed E-state index contributed by atoms with van der Waals surface area (Å²) in [6, 6.07) is 19.1. The van der Waals surface area contributed by atoms with E-state index in [1.807, 2.05) is 6.92 Å². The Labute approximate surface area is 206 Å². The molecule has 9 heteroatoms. The SMILES string of the molecule is CCOc1ccc(N2C(=O)C(Cl)=C(Nc3ccc(CC(=O)Nc4ccccc4F)cc3)C2=O)cc1. The average molecular weight is 494 g/mol. The second-order valence-electron chi connectivity index (χ2n) is 7.59. The number of hydrogen-bond donors (Lipinski definition) is 2. The minimum Gasteiger partial charge on any atom is -0.494 e. The van der Waals surface area contributed by atoms with Crippen LogP contribution in [-0.4, -0.2) is 24.3 Å². The molecule has 0 atom stereocenters. The van der Waals surface area contributed by atoms with Crippen LogP contribution in [0.3, 0.4) is 0 Å². The molecular formula is C26H21ClFN3O4. The van der Waals surface area contributed by atoms with Crippen LogP contribution in [0.5, 0.6) is 5.75 Å². The molecule has 35 heavy (non-hydrogen) atoms. The number of anilines is 3. The van der Waals surface area contributed by atoms with Crippen LogP contribution in [-0.2, 0) is 20.8 Å². The highest BCUT2D eigenvalue weighted by Crippen LogP contribution is 2.31. The summed E-state index contributed by atoms with van der Waals surface area (Å²) < 4.78 is 19.1. The van der Waals surface area contributed by atoms with Crippen LogP contribution in [0.4, 0.5) is 21.5 Å². The fraction of sp³-hybridized carbons (Fsp3) is 0.115. The lowest BCUT2D eigenvalue weighted by molar-refractivity contribution is -0.120. The lowest BCUT2D eigenvalue weighted by Crippen LogP contribution is -2.32. The van der Waals surface area contributed by atoms with E-state index in [0.29, 0.717) is 29.3 Å². The van der Waals surface area contributed by atoms with Crippen molar-refractivity contribution in [2.45, 2.75) is 13.3 Å². The summed E-state index contributed by atoms with van der Waals surface area (Å²) in [5.74, 6) is -1.48. The van der Waals surface area contributed by atoms with Crippen molar-refractivity contribution in [3.05, 3.63) is 94.9 Å². The highest BCUT2D eigenvalue weighted by molar-refractivity contribution is 6.53. The van der Waals surface area contributed by atoms with E-state index in [0.717, 1.165) is 4.90 Å². The van der Waals surface area contributed by atoms with Gasteiger partial charge in [-0.1, -0.05) is 35.9 Å². The number of ether oxygens (including phenoxy) is 1. The van der Waals surface area contributed by atoms with Crippen LogP contribution in [0.2, 0.25) is 0 Å². The highest BCUT2D eigenvalue weighted by Gasteiger charge is 2.38. The van der Waals surface area contributed by atoms with E-state index in [2.05, 4.69) is 10.6 Å². The zero-order valence-corrected chi connectivity index (χ0v) is 19.4. The normalized spacial score (nSPS) is 13.3. The summed E-state index contributed by atoms with van der Waals surface area (Å²) in [7, 11) is 0. The van der Waals surface area contributed by atoms with Gasteiger partial charge in [0.1, 0.15) is 22.3 Å². The Hall–Kier alpha value is -4.17. The standard InChI is InChI=1S/C26H21ClFN3O4/c1-2-35-19-13-11-18(12-14-19)31-25(33)23(27)24(26(31)34)29-17-9-7-16(8-10-17)15-22(32)30-21-6-4-3-5-20(21)28/h3-14,29H,2,15H2,1H3,(H,30,32). The third kappa shape index (κ3) is 5.33. The quantitative estimate of drug-likeness (QED) is 0.438. The van der Waals surface area contributed by atoms with E-state index in [1.54, 1.807) is 60.7 Å². The summed E-state index contributed by atoms with van der Waals surface area (Å²) in [6.07, 6.45) is 0.0288. The lowest BCUT2D eigenvalue weighted by atomic mass is 10.1. The number of carbonyl (C=O) groups is 3. The first kappa shape index (κ1) is 24.0. The third-order valence-corrected chi connectivity index (χ3v) is 5.52. The molecule has 3 aromatic carbocycles. The van der Waals surface area contributed by atoms with Crippen molar-refractivity contribution in [2.24, 2.45) is 0 Å². The molecule has 3 amide bonds. The molecule has 1 heterocycles. The van der Waals surface area contributed by atoms with Crippen molar-refractivity contribution in [3.63, 3.8) is 0 Å².